The third-order valence-electron chi connectivity index (χ3n) is 3.88. The Morgan fingerprint density at radius 3 is 2.75 bits per heavy atom. The maximum absolute atomic E-state index is 5.89. The minimum atomic E-state index is 0.196. The average Bonchev–Trinajstić information content (AvgIpc) is 2.97. The van der Waals surface area contributed by atoms with Crippen LogP contribution in [0, 0.1) is 0 Å². The third kappa shape index (κ3) is 3.57. The Bertz CT molecular complexity index is 831. The molecule has 2 aromatic heterocycles. The van der Waals surface area contributed by atoms with Crippen molar-refractivity contribution in [1.29, 1.82) is 0 Å². The normalized spacial score (nSPS) is 11.0. The monoisotopic (exact) mass is 327 g/mol. The number of fused-ring (bicyclic) bond motifs is 1. The molecule has 0 radical (unpaired) electrons. The Morgan fingerprint density at radius 1 is 1.12 bits per heavy atom. The van der Waals surface area contributed by atoms with Gasteiger partial charge in [0.25, 0.3) is 0 Å². The second-order valence-electron chi connectivity index (χ2n) is 5.50. The lowest BCUT2D eigenvalue weighted by Crippen LogP contribution is -2.04. The van der Waals surface area contributed by atoms with E-state index in [1.165, 1.54) is 5.56 Å². The summed E-state index contributed by atoms with van der Waals surface area (Å²) in [6, 6.07) is 6.01. The molecule has 0 atom stereocenters. The van der Waals surface area contributed by atoms with Crippen LogP contribution in [0.15, 0.2) is 30.6 Å². The minimum absolute atomic E-state index is 0.196. The first-order valence-electron chi connectivity index (χ1n) is 7.76. The number of methoxy groups -OCH3 is 1. The van der Waals surface area contributed by atoms with Crippen molar-refractivity contribution < 1.29 is 9.47 Å². The maximum Gasteiger partial charge on any atom is 0.221 e. The lowest BCUT2D eigenvalue weighted by Gasteiger charge is -2.07. The predicted molar refractivity (Wildman–Crippen MR) is 93.9 cm³/mol. The van der Waals surface area contributed by atoms with E-state index in [0.29, 0.717) is 19.0 Å². The Morgan fingerprint density at radius 2 is 1.96 bits per heavy atom. The second kappa shape index (κ2) is 7.18. The molecule has 0 unspecified atom stereocenters. The number of anilines is 2. The van der Waals surface area contributed by atoms with Crippen LogP contribution in [0.1, 0.15) is 11.1 Å². The smallest absolute Gasteiger partial charge is 0.221 e. The Balaban J connectivity index is 1.75. The largest absolute Gasteiger partial charge is 0.491 e. The molecule has 7 heteroatoms. The molecular weight excluding hydrogens is 306 g/mol. The molecular formula is C17H21N5O2. The highest BCUT2D eigenvalue weighted by atomic mass is 16.5. The molecule has 3 rings (SSSR count). The quantitative estimate of drug-likeness (QED) is 0.572. The first-order valence-corrected chi connectivity index (χ1v) is 7.76. The van der Waals surface area contributed by atoms with Gasteiger partial charge in [0.05, 0.1) is 6.61 Å². The number of nitrogens with zero attached hydrogens (tertiary/aromatic N) is 2. The van der Waals surface area contributed by atoms with Crippen LogP contribution in [-0.4, -0.2) is 35.3 Å². The Kier molecular flexibility index (Phi) is 4.81. The number of aromatic nitrogens is 3. The summed E-state index contributed by atoms with van der Waals surface area (Å²) in [7, 11) is 1.66. The third-order valence-corrected chi connectivity index (χ3v) is 3.88. The van der Waals surface area contributed by atoms with Gasteiger partial charge in [-0.3, -0.25) is 0 Å². The zero-order chi connectivity index (χ0) is 16.9. The summed E-state index contributed by atoms with van der Waals surface area (Å²) in [5.74, 6) is 1.46. The summed E-state index contributed by atoms with van der Waals surface area (Å²) in [5.41, 5.74) is 14.6. The van der Waals surface area contributed by atoms with Crippen LogP contribution in [0.3, 0.4) is 0 Å². The van der Waals surface area contributed by atoms with Crippen LogP contribution in [0.4, 0.5) is 11.8 Å². The van der Waals surface area contributed by atoms with Gasteiger partial charge in [-0.05, 0) is 36.6 Å². The molecule has 0 amide bonds. The van der Waals surface area contributed by atoms with E-state index in [1.807, 2.05) is 24.4 Å². The molecule has 0 fully saturated rings. The fourth-order valence-corrected chi connectivity index (χ4v) is 2.59. The number of H-pyrrole nitrogens is 1. The van der Waals surface area contributed by atoms with Gasteiger partial charge in [-0.2, -0.15) is 4.98 Å². The van der Waals surface area contributed by atoms with Crippen molar-refractivity contribution >= 4 is 22.7 Å². The highest BCUT2D eigenvalue weighted by Gasteiger charge is 2.08. The number of ether oxygens (including phenoxy) is 2. The number of hydrogen-bond donors (Lipinski definition) is 3. The van der Waals surface area contributed by atoms with Gasteiger partial charge < -0.3 is 25.9 Å². The molecule has 2 heterocycles. The van der Waals surface area contributed by atoms with Gasteiger partial charge in [-0.15, -0.1) is 0 Å². The van der Waals surface area contributed by atoms with Crippen molar-refractivity contribution in [2.75, 3.05) is 31.8 Å². The molecule has 0 spiro atoms. The lowest BCUT2D eigenvalue weighted by molar-refractivity contribution is 0.146. The van der Waals surface area contributed by atoms with E-state index in [1.54, 1.807) is 13.3 Å². The molecule has 24 heavy (non-hydrogen) atoms. The average molecular weight is 327 g/mol. The number of nitrogens with one attached hydrogen (secondary N) is 1. The maximum atomic E-state index is 5.89. The number of aryl methyl sites for hydroxylation is 2. The van der Waals surface area contributed by atoms with Crippen molar-refractivity contribution in [3.8, 4) is 5.75 Å². The summed E-state index contributed by atoms with van der Waals surface area (Å²) in [6.07, 6.45) is 5.26. The van der Waals surface area contributed by atoms with Crippen LogP contribution < -0.4 is 16.2 Å². The van der Waals surface area contributed by atoms with Gasteiger partial charge in [-0.25, -0.2) is 4.98 Å². The van der Waals surface area contributed by atoms with E-state index in [2.05, 4.69) is 15.0 Å². The molecule has 0 aliphatic carbocycles. The fourth-order valence-electron chi connectivity index (χ4n) is 2.59. The molecule has 1 aromatic carbocycles. The molecule has 7 nitrogen and oxygen atoms in total. The second-order valence-corrected chi connectivity index (χ2v) is 5.50. The molecule has 0 aliphatic rings. The van der Waals surface area contributed by atoms with Crippen molar-refractivity contribution in [3.05, 3.63) is 41.7 Å². The molecule has 3 aromatic rings. The number of rotatable bonds is 7. The Labute approximate surface area is 140 Å². The molecule has 5 N–H and O–H groups in total. The van der Waals surface area contributed by atoms with E-state index in [9.17, 15) is 0 Å². The van der Waals surface area contributed by atoms with Crippen molar-refractivity contribution in [2.45, 2.75) is 12.8 Å². The first kappa shape index (κ1) is 16.1. The summed E-state index contributed by atoms with van der Waals surface area (Å²) in [5, 5.41) is 1.14. The summed E-state index contributed by atoms with van der Waals surface area (Å²) < 4.78 is 10.7. The number of nitrogen functional groups attached to an aromatic ring is 2. The minimum Gasteiger partial charge on any atom is -0.491 e. The number of hydrogen-bond acceptors (Lipinski definition) is 6. The van der Waals surface area contributed by atoms with E-state index >= 15 is 0 Å². The van der Waals surface area contributed by atoms with Gasteiger partial charge in [-0.1, -0.05) is 0 Å². The van der Waals surface area contributed by atoms with E-state index in [-0.39, 0.29) is 5.95 Å². The zero-order valence-corrected chi connectivity index (χ0v) is 13.6. The van der Waals surface area contributed by atoms with Crippen LogP contribution >= 0.6 is 0 Å². The van der Waals surface area contributed by atoms with Gasteiger partial charge in [0.2, 0.25) is 5.95 Å². The van der Waals surface area contributed by atoms with E-state index < -0.39 is 0 Å². The summed E-state index contributed by atoms with van der Waals surface area (Å²) in [6.45, 7) is 1.09. The molecule has 0 aliphatic heterocycles. The molecule has 126 valence electrons. The van der Waals surface area contributed by atoms with Crippen molar-refractivity contribution in [1.82, 2.24) is 15.0 Å². The number of nitrogens with two attached hydrogens (primary N) is 2. The van der Waals surface area contributed by atoms with Gasteiger partial charge >= 0.3 is 0 Å². The van der Waals surface area contributed by atoms with Gasteiger partial charge in [0, 0.05) is 36.0 Å². The summed E-state index contributed by atoms with van der Waals surface area (Å²) >= 11 is 0. The molecule has 0 saturated heterocycles. The van der Waals surface area contributed by atoms with Crippen LogP contribution in [0.2, 0.25) is 0 Å². The number of aromatic amines is 1. The fraction of sp³-hybridized carbons (Fsp3) is 0.294. The SMILES string of the molecule is COCCOc1ccc2[nH]cc(CCc3cnc(N)nc3N)c2c1. The zero-order valence-electron chi connectivity index (χ0n) is 13.6. The highest BCUT2D eigenvalue weighted by molar-refractivity contribution is 5.84. The van der Waals surface area contributed by atoms with Crippen molar-refractivity contribution in [3.63, 3.8) is 0 Å². The van der Waals surface area contributed by atoms with Crippen LogP contribution in [0.25, 0.3) is 10.9 Å². The van der Waals surface area contributed by atoms with Crippen LogP contribution in [-0.2, 0) is 17.6 Å². The standard InChI is InChI=1S/C17H21N5O2/c1-23-6-7-24-13-4-5-15-14(8-13)11(9-20-15)2-3-12-10-21-17(19)22-16(12)18/h4-5,8-10,20H,2-3,6-7H2,1H3,(H4,18,19,21,22). The van der Waals surface area contributed by atoms with Gasteiger partial charge in [0.15, 0.2) is 0 Å². The summed E-state index contributed by atoms with van der Waals surface area (Å²) in [4.78, 5) is 11.3. The highest BCUT2D eigenvalue weighted by Crippen LogP contribution is 2.25. The predicted octanol–water partition coefficient (Wildman–Crippen LogP) is 1.93. The van der Waals surface area contributed by atoms with E-state index in [0.717, 1.165) is 35.1 Å². The van der Waals surface area contributed by atoms with Gasteiger partial charge in [0.1, 0.15) is 18.2 Å². The molecule has 0 bridgehead atoms. The Hall–Kier alpha value is -2.80. The lowest BCUT2D eigenvalue weighted by atomic mass is 10.0. The topological polar surface area (TPSA) is 112 Å². The first-order chi connectivity index (χ1) is 11.7. The number of benzene rings is 1. The van der Waals surface area contributed by atoms with E-state index in [4.69, 9.17) is 20.9 Å². The van der Waals surface area contributed by atoms with Crippen LogP contribution in [0.5, 0.6) is 5.75 Å². The van der Waals surface area contributed by atoms with Crippen molar-refractivity contribution in [2.24, 2.45) is 0 Å². The molecule has 0 saturated carbocycles.